The van der Waals surface area contributed by atoms with Crippen molar-refractivity contribution < 1.29 is 4.79 Å². The van der Waals surface area contributed by atoms with Gasteiger partial charge in [-0.3, -0.25) is 10.1 Å². The molecule has 0 aliphatic heterocycles. The van der Waals surface area contributed by atoms with E-state index in [1.54, 1.807) is 23.1 Å². The van der Waals surface area contributed by atoms with E-state index in [2.05, 4.69) is 25.9 Å². The van der Waals surface area contributed by atoms with E-state index in [0.717, 1.165) is 32.8 Å². The molecule has 0 bridgehead atoms. The molecule has 2 aromatic heterocycles. The SMILES string of the molecule is CCc1nnc(NC(=O)c2ccc(SCc3csc(C)n3)cc2)s1. The van der Waals surface area contributed by atoms with Gasteiger partial charge in [0.15, 0.2) is 0 Å². The van der Waals surface area contributed by atoms with Crippen molar-refractivity contribution in [2.75, 3.05) is 5.32 Å². The van der Waals surface area contributed by atoms with Crippen LogP contribution in [0.3, 0.4) is 0 Å². The average molecular weight is 377 g/mol. The molecule has 0 unspecified atom stereocenters. The second-order valence-corrected chi connectivity index (χ2v) is 8.15. The van der Waals surface area contributed by atoms with E-state index in [-0.39, 0.29) is 5.91 Å². The van der Waals surface area contributed by atoms with Crippen molar-refractivity contribution in [2.45, 2.75) is 30.9 Å². The zero-order valence-electron chi connectivity index (χ0n) is 13.3. The van der Waals surface area contributed by atoms with E-state index in [1.165, 1.54) is 11.3 Å². The van der Waals surface area contributed by atoms with Crippen LogP contribution in [0.5, 0.6) is 0 Å². The topological polar surface area (TPSA) is 67.8 Å². The van der Waals surface area contributed by atoms with Gasteiger partial charge in [-0.05, 0) is 37.6 Å². The Morgan fingerprint density at radius 2 is 2.04 bits per heavy atom. The minimum absolute atomic E-state index is 0.166. The zero-order valence-corrected chi connectivity index (χ0v) is 15.7. The van der Waals surface area contributed by atoms with Crippen molar-refractivity contribution in [3.63, 3.8) is 0 Å². The lowest BCUT2D eigenvalue weighted by Gasteiger charge is -2.03. The summed E-state index contributed by atoms with van der Waals surface area (Å²) in [7, 11) is 0. The number of thiazole rings is 1. The van der Waals surface area contributed by atoms with Crippen molar-refractivity contribution in [2.24, 2.45) is 0 Å². The highest BCUT2D eigenvalue weighted by molar-refractivity contribution is 7.98. The van der Waals surface area contributed by atoms with E-state index in [4.69, 9.17) is 0 Å². The quantitative estimate of drug-likeness (QED) is 0.646. The van der Waals surface area contributed by atoms with Crippen LogP contribution in [0.4, 0.5) is 5.13 Å². The summed E-state index contributed by atoms with van der Waals surface area (Å²) in [5.74, 6) is 0.668. The first kappa shape index (κ1) is 17.1. The van der Waals surface area contributed by atoms with Gasteiger partial charge in [0.2, 0.25) is 5.13 Å². The fourth-order valence-corrected chi connectivity index (χ4v) is 4.13. The van der Waals surface area contributed by atoms with Crippen LogP contribution < -0.4 is 5.32 Å². The number of nitrogens with one attached hydrogen (secondary N) is 1. The monoisotopic (exact) mass is 376 g/mol. The van der Waals surface area contributed by atoms with Crippen molar-refractivity contribution in [1.82, 2.24) is 15.2 Å². The number of aromatic nitrogens is 3. The van der Waals surface area contributed by atoms with E-state index in [1.807, 2.05) is 38.1 Å². The number of benzene rings is 1. The predicted molar refractivity (Wildman–Crippen MR) is 100 cm³/mol. The molecule has 0 atom stereocenters. The van der Waals surface area contributed by atoms with Crippen molar-refractivity contribution in [1.29, 1.82) is 0 Å². The van der Waals surface area contributed by atoms with E-state index in [0.29, 0.717) is 10.7 Å². The van der Waals surface area contributed by atoms with Crippen molar-refractivity contribution in [3.05, 3.63) is 50.9 Å². The van der Waals surface area contributed by atoms with E-state index >= 15 is 0 Å². The number of carbonyl (C=O) groups excluding carboxylic acids is 1. The van der Waals surface area contributed by atoms with E-state index in [9.17, 15) is 4.79 Å². The molecule has 8 heteroatoms. The molecule has 24 heavy (non-hydrogen) atoms. The summed E-state index contributed by atoms with van der Waals surface area (Å²) in [6.07, 6.45) is 0.817. The number of aryl methyl sites for hydroxylation is 2. The van der Waals surface area contributed by atoms with Gasteiger partial charge in [0, 0.05) is 21.6 Å². The fourth-order valence-electron chi connectivity index (χ4n) is 1.95. The molecular weight excluding hydrogens is 360 g/mol. The molecule has 0 spiro atoms. The summed E-state index contributed by atoms with van der Waals surface area (Å²) in [4.78, 5) is 17.8. The highest BCUT2D eigenvalue weighted by Gasteiger charge is 2.10. The Labute approximate surface area is 152 Å². The summed E-state index contributed by atoms with van der Waals surface area (Å²) in [5.41, 5.74) is 1.70. The van der Waals surface area contributed by atoms with Gasteiger partial charge in [0.25, 0.3) is 5.91 Å². The van der Waals surface area contributed by atoms with Crippen LogP contribution in [0.15, 0.2) is 34.5 Å². The van der Waals surface area contributed by atoms with Gasteiger partial charge in [-0.15, -0.1) is 33.3 Å². The lowest BCUT2D eigenvalue weighted by Crippen LogP contribution is -2.11. The minimum atomic E-state index is -0.166. The zero-order chi connectivity index (χ0) is 16.9. The largest absolute Gasteiger partial charge is 0.296 e. The van der Waals surface area contributed by atoms with E-state index < -0.39 is 0 Å². The van der Waals surface area contributed by atoms with Gasteiger partial charge < -0.3 is 0 Å². The first-order chi connectivity index (χ1) is 11.6. The molecule has 0 fully saturated rings. The molecule has 3 rings (SSSR count). The number of anilines is 1. The van der Waals surface area contributed by atoms with Gasteiger partial charge in [-0.25, -0.2) is 4.98 Å². The molecule has 124 valence electrons. The molecule has 3 aromatic rings. The lowest BCUT2D eigenvalue weighted by atomic mass is 10.2. The minimum Gasteiger partial charge on any atom is -0.296 e. The summed E-state index contributed by atoms with van der Waals surface area (Å²) < 4.78 is 0. The Morgan fingerprint density at radius 1 is 1.25 bits per heavy atom. The summed E-state index contributed by atoms with van der Waals surface area (Å²) >= 11 is 4.77. The number of rotatable bonds is 6. The number of hydrogen-bond donors (Lipinski definition) is 1. The van der Waals surface area contributed by atoms with Crippen LogP contribution in [-0.2, 0) is 12.2 Å². The number of nitrogens with zero attached hydrogens (tertiary/aromatic N) is 3. The summed E-state index contributed by atoms with van der Waals surface area (Å²) in [6, 6.07) is 7.56. The molecule has 0 aliphatic carbocycles. The number of thioether (sulfide) groups is 1. The highest BCUT2D eigenvalue weighted by atomic mass is 32.2. The first-order valence-electron chi connectivity index (χ1n) is 7.41. The molecule has 5 nitrogen and oxygen atoms in total. The third-order valence-corrected chi connectivity index (χ3v) is 6.01. The first-order valence-corrected chi connectivity index (χ1v) is 10.1. The molecule has 2 heterocycles. The van der Waals surface area contributed by atoms with Crippen molar-refractivity contribution >= 4 is 45.5 Å². The van der Waals surface area contributed by atoms with Crippen molar-refractivity contribution in [3.8, 4) is 0 Å². The second-order valence-electron chi connectivity index (χ2n) is 4.98. The molecule has 1 aromatic carbocycles. The molecule has 1 N–H and O–H groups in total. The lowest BCUT2D eigenvalue weighted by molar-refractivity contribution is 0.102. The van der Waals surface area contributed by atoms with Gasteiger partial charge in [-0.1, -0.05) is 18.3 Å². The van der Waals surface area contributed by atoms with Crippen LogP contribution >= 0.6 is 34.4 Å². The fraction of sp³-hybridized carbons (Fsp3) is 0.250. The molecule has 1 amide bonds. The Kier molecular flexibility index (Phi) is 5.60. The average Bonchev–Trinajstić information content (AvgIpc) is 3.22. The Bertz CT molecular complexity index is 826. The predicted octanol–water partition coefficient (Wildman–Crippen LogP) is 4.41. The second kappa shape index (κ2) is 7.87. The molecule has 0 aliphatic rings. The van der Waals surface area contributed by atoms with Crippen LogP contribution in [0.1, 0.15) is 33.0 Å². The Morgan fingerprint density at radius 3 is 2.67 bits per heavy atom. The maximum atomic E-state index is 12.2. The van der Waals surface area contributed by atoms with Gasteiger partial charge in [0.1, 0.15) is 5.01 Å². The maximum Gasteiger partial charge on any atom is 0.257 e. The summed E-state index contributed by atoms with van der Waals surface area (Å²) in [6.45, 7) is 4.02. The third kappa shape index (κ3) is 4.40. The van der Waals surface area contributed by atoms with Gasteiger partial charge in [-0.2, -0.15) is 0 Å². The maximum absolute atomic E-state index is 12.2. The number of carbonyl (C=O) groups is 1. The smallest absolute Gasteiger partial charge is 0.257 e. The van der Waals surface area contributed by atoms with Crippen LogP contribution in [-0.4, -0.2) is 21.1 Å². The van der Waals surface area contributed by atoms with Gasteiger partial charge >= 0.3 is 0 Å². The Balaban J connectivity index is 1.57. The third-order valence-electron chi connectivity index (χ3n) is 3.16. The number of amides is 1. The van der Waals surface area contributed by atoms with Crippen LogP contribution in [0, 0.1) is 6.92 Å². The normalized spacial score (nSPS) is 10.8. The number of hydrogen-bond acceptors (Lipinski definition) is 7. The van der Waals surface area contributed by atoms with Crippen LogP contribution in [0.25, 0.3) is 0 Å². The molecule has 0 saturated carbocycles. The standard InChI is InChI=1S/C16H16N4OS3/c1-3-14-19-20-16(24-14)18-15(21)11-4-6-13(7-5-11)23-9-12-8-22-10(2)17-12/h4-8H,3,9H2,1-2H3,(H,18,20,21). The van der Waals surface area contributed by atoms with Crippen LogP contribution in [0.2, 0.25) is 0 Å². The molecule has 0 saturated heterocycles. The Hall–Kier alpha value is -1.77. The molecular formula is C16H16N4OS3. The summed E-state index contributed by atoms with van der Waals surface area (Å²) in [5, 5.41) is 15.4. The molecule has 0 radical (unpaired) electrons. The highest BCUT2D eigenvalue weighted by Crippen LogP contribution is 2.24. The van der Waals surface area contributed by atoms with Gasteiger partial charge in [0.05, 0.1) is 10.7 Å².